The molecule has 2 nitrogen and oxygen atoms in total. The molecule has 19 heavy (non-hydrogen) atoms. The molecule has 0 bridgehead atoms. The van der Waals surface area contributed by atoms with Crippen molar-refractivity contribution in [1.82, 2.24) is 0 Å². The van der Waals surface area contributed by atoms with E-state index in [2.05, 4.69) is 24.8 Å². The maximum absolute atomic E-state index is 6.07. The first-order valence-corrected chi connectivity index (χ1v) is 6.23. The van der Waals surface area contributed by atoms with Gasteiger partial charge in [0.05, 0.1) is 11.4 Å². The number of para-hydroxylation sites is 1. The fourth-order valence-electron chi connectivity index (χ4n) is 2.02. The van der Waals surface area contributed by atoms with E-state index in [0.29, 0.717) is 11.4 Å². The summed E-state index contributed by atoms with van der Waals surface area (Å²) in [5.41, 5.74) is 16.4. The number of hydrogen-bond donors (Lipinski definition) is 2. The van der Waals surface area contributed by atoms with Gasteiger partial charge in [-0.05, 0) is 23.6 Å². The van der Waals surface area contributed by atoms with E-state index in [4.69, 9.17) is 11.5 Å². The molecule has 2 heteroatoms. The van der Waals surface area contributed by atoms with Gasteiger partial charge in [-0.3, -0.25) is 0 Å². The van der Waals surface area contributed by atoms with Crippen LogP contribution in [0.2, 0.25) is 0 Å². The fourth-order valence-corrected chi connectivity index (χ4v) is 2.02. The zero-order valence-electron chi connectivity index (χ0n) is 10.8. The minimum Gasteiger partial charge on any atom is -0.397 e. The Morgan fingerprint density at radius 3 is 2.42 bits per heavy atom. The highest BCUT2D eigenvalue weighted by Crippen LogP contribution is 2.30. The molecule has 4 N–H and O–H groups in total. The lowest BCUT2D eigenvalue weighted by Gasteiger charge is -2.11. The molecule has 0 fully saturated rings. The smallest absolute Gasteiger partial charge is 0.0624 e. The van der Waals surface area contributed by atoms with Crippen LogP contribution >= 0.6 is 0 Å². The topological polar surface area (TPSA) is 52.0 Å². The maximum atomic E-state index is 6.07. The lowest BCUT2D eigenvalue weighted by atomic mass is 9.97. The Labute approximate surface area is 114 Å². The van der Waals surface area contributed by atoms with Crippen LogP contribution in [0.5, 0.6) is 0 Å². The summed E-state index contributed by atoms with van der Waals surface area (Å²) in [5, 5.41) is 0. The number of nitrogens with two attached hydrogens (primary N) is 2. The van der Waals surface area contributed by atoms with Crippen LogP contribution in [0.1, 0.15) is 17.5 Å². The van der Waals surface area contributed by atoms with Crippen LogP contribution in [0.15, 0.2) is 61.2 Å². The van der Waals surface area contributed by atoms with Crippen molar-refractivity contribution in [2.24, 2.45) is 0 Å². The molecule has 0 saturated heterocycles. The molecule has 0 heterocycles. The third-order valence-corrected chi connectivity index (χ3v) is 2.99. The number of anilines is 2. The highest BCUT2D eigenvalue weighted by atomic mass is 14.7. The van der Waals surface area contributed by atoms with E-state index in [1.54, 1.807) is 0 Å². The molecular formula is C17H18N2. The summed E-state index contributed by atoms with van der Waals surface area (Å²) < 4.78 is 0. The first-order chi connectivity index (χ1) is 9.22. The van der Waals surface area contributed by atoms with Gasteiger partial charge in [-0.25, -0.2) is 0 Å². The van der Waals surface area contributed by atoms with Gasteiger partial charge >= 0.3 is 0 Å². The lowest BCUT2D eigenvalue weighted by molar-refractivity contribution is 1.41. The van der Waals surface area contributed by atoms with E-state index in [9.17, 15) is 0 Å². The van der Waals surface area contributed by atoms with E-state index < -0.39 is 0 Å². The molecule has 0 atom stereocenters. The van der Waals surface area contributed by atoms with Gasteiger partial charge in [0.1, 0.15) is 0 Å². The summed E-state index contributed by atoms with van der Waals surface area (Å²) in [5.74, 6) is 0. The van der Waals surface area contributed by atoms with Gasteiger partial charge in [-0.15, -0.1) is 6.58 Å². The average Bonchev–Trinajstić information content (AvgIpc) is 2.43. The summed E-state index contributed by atoms with van der Waals surface area (Å²) in [7, 11) is 0. The summed E-state index contributed by atoms with van der Waals surface area (Å²) in [6.07, 6.45) is 4.74. The Morgan fingerprint density at radius 2 is 1.74 bits per heavy atom. The SMILES string of the molecule is C=CCC(=Cc1ccccc1)c1cccc(N)c1N. The van der Waals surface area contributed by atoms with Crippen LogP contribution in [-0.4, -0.2) is 0 Å². The number of rotatable bonds is 4. The van der Waals surface area contributed by atoms with Crippen LogP contribution in [-0.2, 0) is 0 Å². The largest absolute Gasteiger partial charge is 0.397 e. The normalized spacial score (nSPS) is 11.3. The fraction of sp³-hybridized carbons (Fsp3) is 0.0588. The van der Waals surface area contributed by atoms with Gasteiger partial charge in [-0.1, -0.05) is 54.6 Å². The molecule has 2 aromatic carbocycles. The standard InChI is InChI=1S/C17H18N2/c1-2-7-14(12-13-8-4-3-5-9-13)15-10-6-11-16(18)17(15)19/h2-6,8-12H,1,7,18-19H2. The average molecular weight is 250 g/mol. The van der Waals surface area contributed by atoms with Crippen molar-refractivity contribution in [2.75, 3.05) is 11.5 Å². The molecule has 0 saturated carbocycles. The minimum absolute atomic E-state index is 0.612. The number of hydrogen-bond acceptors (Lipinski definition) is 2. The van der Waals surface area contributed by atoms with Gasteiger partial charge in [-0.2, -0.15) is 0 Å². The van der Waals surface area contributed by atoms with Crippen molar-refractivity contribution in [2.45, 2.75) is 6.42 Å². The highest BCUT2D eigenvalue weighted by molar-refractivity contribution is 5.90. The maximum Gasteiger partial charge on any atom is 0.0624 e. The second-order valence-corrected chi connectivity index (χ2v) is 4.38. The van der Waals surface area contributed by atoms with Crippen LogP contribution in [0.25, 0.3) is 11.6 Å². The van der Waals surface area contributed by atoms with Gasteiger partial charge in [0.2, 0.25) is 0 Å². The summed E-state index contributed by atoms with van der Waals surface area (Å²) in [6, 6.07) is 15.9. The summed E-state index contributed by atoms with van der Waals surface area (Å²) in [6.45, 7) is 3.81. The zero-order chi connectivity index (χ0) is 13.7. The molecule has 0 aromatic heterocycles. The van der Waals surface area contributed by atoms with E-state index in [1.807, 2.05) is 42.5 Å². The van der Waals surface area contributed by atoms with Crippen molar-refractivity contribution in [3.63, 3.8) is 0 Å². The summed E-state index contributed by atoms with van der Waals surface area (Å²) in [4.78, 5) is 0. The Hall–Kier alpha value is -2.48. The van der Waals surface area contributed by atoms with Gasteiger partial charge in [0.25, 0.3) is 0 Å². The molecule has 0 unspecified atom stereocenters. The third-order valence-electron chi connectivity index (χ3n) is 2.99. The molecule has 0 aliphatic carbocycles. The lowest BCUT2D eigenvalue weighted by Crippen LogP contribution is -1.99. The molecular weight excluding hydrogens is 232 g/mol. The number of benzene rings is 2. The Bertz CT molecular complexity index is 598. The summed E-state index contributed by atoms with van der Waals surface area (Å²) >= 11 is 0. The molecule has 0 radical (unpaired) electrons. The van der Waals surface area contributed by atoms with Gasteiger partial charge in [0, 0.05) is 5.56 Å². The second kappa shape index (κ2) is 5.91. The van der Waals surface area contributed by atoms with Crippen molar-refractivity contribution < 1.29 is 0 Å². The zero-order valence-corrected chi connectivity index (χ0v) is 10.8. The Morgan fingerprint density at radius 1 is 1.00 bits per heavy atom. The van der Waals surface area contributed by atoms with Crippen molar-refractivity contribution in [3.8, 4) is 0 Å². The molecule has 0 aliphatic heterocycles. The van der Waals surface area contributed by atoms with Crippen LogP contribution in [0, 0.1) is 0 Å². The van der Waals surface area contributed by atoms with Crippen LogP contribution in [0.4, 0.5) is 11.4 Å². The van der Waals surface area contributed by atoms with E-state index >= 15 is 0 Å². The van der Waals surface area contributed by atoms with Crippen molar-refractivity contribution in [1.29, 1.82) is 0 Å². The first-order valence-electron chi connectivity index (χ1n) is 6.23. The quantitative estimate of drug-likeness (QED) is 0.490. The Kier molecular flexibility index (Phi) is 4.04. The predicted molar refractivity (Wildman–Crippen MR) is 84.4 cm³/mol. The van der Waals surface area contributed by atoms with E-state index in [0.717, 1.165) is 23.1 Å². The minimum atomic E-state index is 0.612. The predicted octanol–water partition coefficient (Wildman–Crippen LogP) is 3.97. The molecule has 96 valence electrons. The van der Waals surface area contributed by atoms with E-state index in [-0.39, 0.29) is 0 Å². The van der Waals surface area contributed by atoms with Gasteiger partial charge in [0.15, 0.2) is 0 Å². The van der Waals surface area contributed by atoms with E-state index in [1.165, 1.54) is 0 Å². The van der Waals surface area contributed by atoms with Crippen LogP contribution < -0.4 is 11.5 Å². The van der Waals surface area contributed by atoms with Crippen LogP contribution in [0.3, 0.4) is 0 Å². The molecule has 2 aromatic rings. The monoisotopic (exact) mass is 250 g/mol. The molecule has 0 spiro atoms. The van der Waals surface area contributed by atoms with Crippen molar-refractivity contribution in [3.05, 3.63) is 72.3 Å². The van der Waals surface area contributed by atoms with Gasteiger partial charge < -0.3 is 11.5 Å². The highest BCUT2D eigenvalue weighted by Gasteiger charge is 2.06. The third kappa shape index (κ3) is 3.05. The number of nitrogen functional groups attached to an aromatic ring is 2. The molecule has 0 amide bonds. The first kappa shape index (κ1) is 13.0. The second-order valence-electron chi connectivity index (χ2n) is 4.38. The Balaban J connectivity index is 2.49. The molecule has 2 rings (SSSR count). The van der Waals surface area contributed by atoms with Crippen molar-refractivity contribution >= 4 is 23.0 Å². The number of allylic oxidation sites excluding steroid dienone is 2. The molecule has 0 aliphatic rings.